The van der Waals surface area contributed by atoms with E-state index < -0.39 is 0 Å². The molecule has 2 heterocycles. The first-order valence-electron chi connectivity index (χ1n) is 9.64. The molecule has 1 fully saturated rings. The lowest BCUT2D eigenvalue weighted by molar-refractivity contribution is 0.109. The Morgan fingerprint density at radius 3 is 2.85 bits per heavy atom. The van der Waals surface area contributed by atoms with E-state index in [2.05, 4.69) is 34.9 Å². The van der Waals surface area contributed by atoms with E-state index in [4.69, 9.17) is 9.47 Å². The number of rotatable bonds is 4. The molecule has 0 bridgehead atoms. The fourth-order valence-electron chi connectivity index (χ4n) is 3.95. The molecule has 27 heavy (non-hydrogen) atoms. The third-order valence-corrected chi connectivity index (χ3v) is 5.42. The molecule has 0 spiro atoms. The molecular formula is C22H26N2O3. The van der Waals surface area contributed by atoms with Crippen LogP contribution < -0.4 is 15.4 Å². The molecule has 1 saturated heterocycles. The topological polar surface area (TPSA) is 59.6 Å². The summed E-state index contributed by atoms with van der Waals surface area (Å²) in [4.78, 5) is 12.4. The normalized spacial score (nSPS) is 24.0. The summed E-state index contributed by atoms with van der Waals surface area (Å²) in [6.07, 6.45) is 1.77. The zero-order valence-corrected chi connectivity index (χ0v) is 15.6. The van der Waals surface area contributed by atoms with E-state index in [-0.39, 0.29) is 18.2 Å². The summed E-state index contributed by atoms with van der Waals surface area (Å²) in [5.74, 6) is 1.31. The van der Waals surface area contributed by atoms with Gasteiger partial charge in [0.25, 0.3) is 0 Å². The van der Waals surface area contributed by atoms with E-state index in [1.54, 1.807) is 0 Å². The Kier molecular flexibility index (Phi) is 5.30. The maximum atomic E-state index is 12.4. The largest absolute Gasteiger partial charge is 0.493 e. The molecule has 2 aliphatic rings. The Balaban J connectivity index is 1.28. The molecule has 2 aliphatic heterocycles. The van der Waals surface area contributed by atoms with Crippen molar-refractivity contribution in [1.82, 2.24) is 10.6 Å². The summed E-state index contributed by atoms with van der Waals surface area (Å²) < 4.78 is 11.6. The predicted octanol–water partition coefficient (Wildman–Crippen LogP) is 3.69. The number of hydrogen-bond donors (Lipinski definition) is 2. The minimum atomic E-state index is -0.152. The van der Waals surface area contributed by atoms with Crippen molar-refractivity contribution in [1.29, 1.82) is 0 Å². The van der Waals surface area contributed by atoms with Gasteiger partial charge in [0.05, 0.1) is 25.4 Å². The van der Waals surface area contributed by atoms with Gasteiger partial charge in [-0.3, -0.25) is 0 Å². The van der Waals surface area contributed by atoms with E-state index in [1.165, 1.54) is 5.56 Å². The van der Waals surface area contributed by atoms with Crippen LogP contribution in [-0.4, -0.2) is 31.9 Å². The summed E-state index contributed by atoms with van der Waals surface area (Å²) in [6, 6.07) is 16.3. The van der Waals surface area contributed by atoms with Gasteiger partial charge in [0.1, 0.15) is 5.75 Å². The second-order valence-electron chi connectivity index (χ2n) is 7.34. The predicted molar refractivity (Wildman–Crippen MR) is 104 cm³/mol. The quantitative estimate of drug-likeness (QED) is 0.868. The highest BCUT2D eigenvalue weighted by molar-refractivity contribution is 5.74. The van der Waals surface area contributed by atoms with Gasteiger partial charge in [-0.25, -0.2) is 4.79 Å². The van der Waals surface area contributed by atoms with Crippen LogP contribution in [0.15, 0.2) is 48.5 Å². The number of nitrogens with one attached hydrogen (secondary N) is 2. The van der Waals surface area contributed by atoms with Crippen LogP contribution in [0.2, 0.25) is 0 Å². The third-order valence-electron chi connectivity index (χ3n) is 5.42. The third kappa shape index (κ3) is 4.08. The summed E-state index contributed by atoms with van der Waals surface area (Å²) in [6.45, 7) is 3.89. The smallest absolute Gasteiger partial charge is 0.315 e. The van der Waals surface area contributed by atoms with Crippen LogP contribution in [-0.2, 0) is 4.74 Å². The van der Waals surface area contributed by atoms with E-state index in [0.29, 0.717) is 25.7 Å². The van der Waals surface area contributed by atoms with Crippen LogP contribution in [0.4, 0.5) is 4.79 Å². The molecule has 3 atom stereocenters. The van der Waals surface area contributed by atoms with Gasteiger partial charge >= 0.3 is 6.03 Å². The Labute approximate surface area is 160 Å². The van der Waals surface area contributed by atoms with Crippen molar-refractivity contribution >= 4 is 6.03 Å². The van der Waals surface area contributed by atoms with Gasteiger partial charge in [-0.15, -0.1) is 0 Å². The van der Waals surface area contributed by atoms with Gasteiger partial charge in [-0.05, 0) is 24.5 Å². The molecule has 0 unspecified atom stereocenters. The Hall–Kier alpha value is -2.53. The van der Waals surface area contributed by atoms with Crippen molar-refractivity contribution in [3.05, 3.63) is 65.2 Å². The highest BCUT2D eigenvalue weighted by Crippen LogP contribution is 2.34. The van der Waals surface area contributed by atoms with E-state index >= 15 is 0 Å². The lowest BCUT2D eigenvalue weighted by atomic mass is 9.96. The van der Waals surface area contributed by atoms with Gasteiger partial charge in [-0.2, -0.15) is 0 Å². The average molecular weight is 366 g/mol. The second kappa shape index (κ2) is 8.01. The number of urea groups is 1. The minimum absolute atomic E-state index is 0.0183. The summed E-state index contributed by atoms with van der Waals surface area (Å²) in [5, 5.41) is 6.06. The van der Waals surface area contributed by atoms with Gasteiger partial charge in [-0.1, -0.05) is 48.5 Å². The molecule has 0 aliphatic carbocycles. The van der Waals surface area contributed by atoms with Gasteiger partial charge in [0.2, 0.25) is 0 Å². The van der Waals surface area contributed by atoms with Crippen LogP contribution in [0.5, 0.6) is 5.75 Å². The number of aryl methyl sites for hydroxylation is 1. The monoisotopic (exact) mass is 366 g/mol. The van der Waals surface area contributed by atoms with Crippen molar-refractivity contribution < 1.29 is 14.3 Å². The maximum absolute atomic E-state index is 12.4. The molecule has 142 valence electrons. The highest BCUT2D eigenvalue weighted by atomic mass is 16.5. The van der Waals surface area contributed by atoms with Crippen LogP contribution in [0.3, 0.4) is 0 Å². The molecule has 2 N–H and O–H groups in total. The molecule has 2 aromatic rings. The first kappa shape index (κ1) is 17.9. The lowest BCUT2D eigenvalue weighted by Crippen LogP contribution is -2.42. The van der Waals surface area contributed by atoms with Gasteiger partial charge < -0.3 is 20.1 Å². The average Bonchev–Trinajstić information content (AvgIpc) is 3.17. The molecule has 5 nitrogen and oxygen atoms in total. The van der Waals surface area contributed by atoms with Crippen LogP contribution in [0, 0.1) is 6.92 Å². The number of benzene rings is 2. The molecule has 2 aromatic carbocycles. The fraction of sp³-hybridized carbons (Fsp3) is 0.409. The number of carbonyl (C=O) groups is 1. The van der Waals surface area contributed by atoms with Gasteiger partial charge in [0.15, 0.2) is 0 Å². The van der Waals surface area contributed by atoms with Gasteiger partial charge in [0, 0.05) is 24.4 Å². The molecule has 5 heteroatoms. The Morgan fingerprint density at radius 2 is 2.00 bits per heavy atom. The summed E-state index contributed by atoms with van der Waals surface area (Å²) >= 11 is 0. The minimum Gasteiger partial charge on any atom is -0.493 e. The molecule has 0 saturated carbocycles. The van der Waals surface area contributed by atoms with E-state index in [9.17, 15) is 4.79 Å². The molecule has 4 rings (SSSR count). The van der Waals surface area contributed by atoms with Crippen molar-refractivity contribution in [3.63, 3.8) is 0 Å². The summed E-state index contributed by atoms with van der Waals surface area (Å²) in [7, 11) is 0. The first-order valence-corrected chi connectivity index (χ1v) is 9.64. The Morgan fingerprint density at radius 1 is 1.15 bits per heavy atom. The lowest BCUT2D eigenvalue weighted by Gasteiger charge is -2.28. The first-order chi connectivity index (χ1) is 13.2. The number of ether oxygens (including phenoxy) is 2. The van der Waals surface area contributed by atoms with Crippen LogP contribution >= 0.6 is 0 Å². The summed E-state index contributed by atoms with van der Waals surface area (Å²) in [5.41, 5.74) is 3.46. The zero-order valence-electron chi connectivity index (χ0n) is 15.6. The van der Waals surface area contributed by atoms with Crippen molar-refractivity contribution in [2.24, 2.45) is 0 Å². The molecule has 2 amide bonds. The van der Waals surface area contributed by atoms with E-state index in [1.807, 2.05) is 31.2 Å². The molecular weight excluding hydrogens is 340 g/mol. The number of carbonyl (C=O) groups excluding carboxylic acids is 1. The standard InChI is InChI=1S/C22H26N2O3/c1-15-6-5-9-19-20(10-11-26-21(15)19)24-22(25)23-13-18-12-17(14-27-18)16-7-3-2-4-8-16/h2-9,17-18,20H,10-14H2,1H3,(H2,23,24,25)/t17-,18-,20+/m0/s1. The van der Waals surface area contributed by atoms with Crippen molar-refractivity contribution in [2.45, 2.75) is 37.8 Å². The van der Waals surface area contributed by atoms with Crippen LogP contribution in [0.25, 0.3) is 0 Å². The molecule has 0 radical (unpaired) electrons. The van der Waals surface area contributed by atoms with Crippen molar-refractivity contribution in [3.8, 4) is 5.75 Å². The van der Waals surface area contributed by atoms with Crippen LogP contribution in [0.1, 0.15) is 41.5 Å². The maximum Gasteiger partial charge on any atom is 0.315 e. The SMILES string of the molecule is Cc1cccc2c1OCC[C@H]2NC(=O)NC[C@@H]1C[C@H](c2ccccc2)CO1. The fourth-order valence-corrected chi connectivity index (χ4v) is 3.95. The zero-order chi connectivity index (χ0) is 18.6. The second-order valence-corrected chi connectivity index (χ2v) is 7.34. The van der Waals surface area contributed by atoms with Crippen molar-refractivity contribution in [2.75, 3.05) is 19.8 Å². The number of fused-ring (bicyclic) bond motifs is 1. The molecule has 0 aromatic heterocycles. The Bertz CT molecular complexity index is 793. The number of amides is 2. The van der Waals surface area contributed by atoms with E-state index in [0.717, 1.165) is 29.7 Å². The number of hydrogen-bond acceptors (Lipinski definition) is 3. The number of para-hydroxylation sites is 1. The highest BCUT2D eigenvalue weighted by Gasteiger charge is 2.28.